The van der Waals surface area contributed by atoms with E-state index in [0.717, 1.165) is 63.5 Å². The molecule has 29 heavy (non-hydrogen) atoms. The van der Waals surface area contributed by atoms with Crippen LogP contribution in [-0.4, -0.2) is 40.8 Å². The Morgan fingerprint density at radius 1 is 1.07 bits per heavy atom. The highest BCUT2D eigenvalue weighted by Crippen LogP contribution is 2.69. The van der Waals surface area contributed by atoms with Crippen LogP contribution in [0.25, 0.3) is 0 Å². The molecule has 2 unspecified atom stereocenters. The molecule has 8 atom stereocenters. The number of hydrogen-bond donors (Lipinski definition) is 3. The second-order valence-electron chi connectivity index (χ2n) is 11.1. The molecule has 4 rings (SSSR count). The van der Waals surface area contributed by atoms with Crippen LogP contribution in [0.1, 0.15) is 85.0 Å². The van der Waals surface area contributed by atoms with Gasteiger partial charge in [-0.1, -0.05) is 19.0 Å². The number of oxime groups is 1. The van der Waals surface area contributed by atoms with Crippen LogP contribution in [-0.2, 0) is 4.84 Å². The summed E-state index contributed by atoms with van der Waals surface area (Å²) < 4.78 is 0. The molecule has 0 saturated heterocycles. The molecule has 4 saturated carbocycles. The molecule has 166 valence electrons. The minimum absolute atomic E-state index is 0.115. The summed E-state index contributed by atoms with van der Waals surface area (Å²) in [4.78, 5) is 5.51. The Balaban J connectivity index is 1.55. The van der Waals surface area contributed by atoms with Gasteiger partial charge in [0.2, 0.25) is 0 Å². The fraction of sp³-hybridized carbons (Fsp3) is 0.958. The van der Waals surface area contributed by atoms with Crippen LogP contribution in [0.15, 0.2) is 5.16 Å². The van der Waals surface area contributed by atoms with Crippen LogP contribution < -0.4 is 5.73 Å². The van der Waals surface area contributed by atoms with Crippen molar-refractivity contribution < 1.29 is 15.1 Å². The molecule has 0 amide bonds. The van der Waals surface area contributed by atoms with E-state index in [4.69, 9.17) is 10.6 Å². The molecule has 4 N–H and O–H groups in total. The summed E-state index contributed by atoms with van der Waals surface area (Å²) in [6.07, 6.45) is 10.1. The maximum Gasteiger partial charge on any atom is 0.118 e. The van der Waals surface area contributed by atoms with E-state index in [1.807, 2.05) is 0 Å². The van der Waals surface area contributed by atoms with Gasteiger partial charge in [0.25, 0.3) is 0 Å². The quantitative estimate of drug-likeness (QED) is 0.367. The molecule has 0 aromatic carbocycles. The zero-order valence-corrected chi connectivity index (χ0v) is 18.7. The summed E-state index contributed by atoms with van der Waals surface area (Å²) in [5.41, 5.74) is 6.16. The van der Waals surface area contributed by atoms with Gasteiger partial charge in [0.05, 0.1) is 17.4 Å². The van der Waals surface area contributed by atoms with Crippen LogP contribution in [0.4, 0.5) is 0 Å². The Bertz CT molecular complexity index is 640. The smallest absolute Gasteiger partial charge is 0.118 e. The molecule has 0 bridgehead atoms. The van der Waals surface area contributed by atoms with Crippen molar-refractivity contribution in [3.05, 3.63) is 0 Å². The molecule has 4 fully saturated rings. The van der Waals surface area contributed by atoms with E-state index in [2.05, 4.69) is 25.9 Å². The van der Waals surface area contributed by atoms with Gasteiger partial charge in [-0.2, -0.15) is 0 Å². The molecule has 4 aliphatic rings. The lowest BCUT2D eigenvalue weighted by Crippen LogP contribution is -2.62. The van der Waals surface area contributed by atoms with Crippen molar-refractivity contribution in [2.45, 2.75) is 96.7 Å². The summed E-state index contributed by atoms with van der Waals surface area (Å²) >= 11 is 0. The fourth-order valence-corrected chi connectivity index (χ4v) is 8.23. The van der Waals surface area contributed by atoms with Crippen LogP contribution in [0.3, 0.4) is 0 Å². The topological polar surface area (TPSA) is 88.1 Å². The van der Waals surface area contributed by atoms with Crippen LogP contribution in [0.2, 0.25) is 0 Å². The van der Waals surface area contributed by atoms with Crippen LogP contribution in [0, 0.1) is 34.5 Å². The number of nitrogens with zero attached hydrogens (tertiary/aromatic N) is 1. The highest BCUT2D eigenvalue weighted by molar-refractivity contribution is 5.85. The normalized spacial score (nSPS) is 49.9. The third-order valence-electron chi connectivity index (χ3n) is 9.98. The molecule has 0 heterocycles. The lowest BCUT2D eigenvalue weighted by Gasteiger charge is -2.63. The van der Waals surface area contributed by atoms with Crippen molar-refractivity contribution in [3.63, 3.8) is 0 Å². The number of rotatable bonds is 5. The van der Waals surface area contributed by atoms with E-state index in [-0.39, 0.29) is 16.9 Å². The maximum atomic E-state index is 12.2. The van der Waals surface area contributed by atoms with Gasteiger partial charge >= 0.3 is 0 Å². The fourth-order valence-electron chi connectivity index (χ4n) is 8.23. The SMILES string of the molecule is C/C(=N/OCCCN)[C@H]1CC[C@@]2(O)[C@@H]3CCC4CC(O)CC[C@]4(C)[C@H]3CC[C@]12C. The molecule has 0 radical (unpaired) electrons. The Morgan fingerprint density at radius 3 is 2.62 bits per heavy atom. The van der Waals surface area contributed by atoms with Crippen LogP contribution in [0.5, 0.6) is 0 Å². The Kier molecular flexibility index (Phi) is 5.80. The Morgan fingerprint density at radius 2 is 1.86 bits per heavy atom. The first-order valence-electron chi connectivity index (χ1n) is 12.0. The highest BCUT2D eigenvalue weighted by atomic mass is 16.6. The molecule has 4 aliphatic carbocycles. The van der Waals surface area contributed by atoms with E-state index in [0.29, 0.717) is 36.8 Å². The van der Waals surface area contributed by atoms with E-state index < -0.39 is 5.60 Å². The van der Waals surface area contributed by atoms with Gasteiger partial charge in [-0.3, -0.25) is 0 Å². The largest absolute Gasteiger partial charge is 0.396 e. The number of nitrogens with two attached hydrogens (primary N) is 1. The second kappa shape index (κ2) is 7.80. The molecular formula is C24H42N2O3. The van der Waals surface area contributed by atoms with Gasteiger partial charge in [0, 0.05) is 11.3 Å². The molecule has 0 spiro atoms. The summed E-state index contributed by atoms with van der Waals surface area (Å²) in [5.74, 6) is 1.89. The molecule has 0 aromatic rings. The Labute approximate surface area is 176 Å². The average Bonchev–Trinajstić information content (AvgIpc) is 2.97. The minimum Gasteiger partial charge on any atom is -0.396 e. The first kappa shape index (κ1) is 21.6. The second-order valence-corrected chi connectivity index (χ2v) is 11.1. The molecular weight excluding hydrogens is 364 g/mol. The van der Waals surface area contributed by atoms with Crippen molar-refractivity contribution >= 4 is 5.71 Å². The van der Waals surface area contributed by atoms with Gasteiger partial charge in [0.15, 0.2) is 0 Å². The zero-order chi connectivity index (χ0) is 20.9. The van der Waals surface area contributed by atoms with Crippen molar-refractivity contribution in [2.75, 3.05) is 13.2 Å². The predicted molar refractivity (Wildman–Crippen MR) is 115 cm³/mol. The van der Waals surface area contributed by atoms with Gasteiger partial charge in [-0.25, -0.2) is 0 Å². The van der Waals surface area contributed by atoms with Gasteiger partial charge in [-0.05, 0) is 101 Å². The Hall–Kier alpha value is -0.650. The molecule has 5 heteroatoms. The first-order chi connectivity index (χ1) is 13.8. The summed E-state index contributed by atoms with van der Waals surface area (Å²) in [6.45, 7) is 8.06. The van der Waals surface area contributed by atoms with Gasteiger partial charge < -0.3 is 20.8 Å². The van der Waals surface area contributed by atoms with Crippen LogP contribution >= 0.6 is 0 Å². The summed E-state index contributed by atoms with van der Waals surface area (Å²) in [6, 6.07) is 0. The minimum atomic E-state index is -0.599. The monoisotopic (exact) mass is 406 g/mol. The van der Waals surface area contributed by atoms with Crippen molar-refractivity contribution in [1.82, 2.24) is 0 Å². The van der Waals surface area contributed by atoms with E-state index in [1.165, 1.54) is 6.42 Å². The number of aliphatic hydroxyl groups excluding tert-OH is 1. The van der Waals surface area contributed by atoms with E-state index in [1.54, 1.807) is 0 Å². The summed E-state index contributed by atoms with van der Waals surface area (Å²) in [7, 11) is 0. The average molecular weight is 407 g/mol. The lowest BCUT2D eigenvalue weighted by molar-refractivity contribution is -0.206. The zero-order valence-electron chi connectivity index (χ0n) is 18.7. The van der Waals surface area contributed by atoms with Crippen molar-refractivity contribution in [2.24, 2.45) is 45.4 Å². The predicted octanol–water partition coefficient (Wildman–Crippen LogP) is 3.86. The number of aliphatic hydroxyl groups is 2. The summed E-state index contributed by atoms with van der Waals surface area (Å²) in [5, 5.41) is 26.8. The number of hydrogen-bond acceptors (Lipinski definition) is 5. The first-order valence-corrected chi connectivity index (χ1v) is 12.0. The molecule has 0 aromatic heterocycles. The third-order valence-corrected chi connectivity index (χ3v) is 9.98. The molecule has 5 nitrogen and oxygen atoms in total. The molecule has 0 aliphatic heterocycles. The lowest BCUT2D eigenvalue weighted by atomic mass is 9.43. The van der Waals surface area contributed by atoms with Gasteiger partial charge in [0.1, 0.15) is 6.61 Å². The van der Waals surface area contributed by atoms with Crippen molar-refractivity contribution in [1.29, 1.82) is 0 Å². The highest BCUT2D eigenvalue weighted by Gasteiger charge is 2.67. The number of fused-ring (bicyclic) bond motifs is 5. The maximum absolute atomic E-state index is 12.2. The standard InChI is InChI=1S/C24H42N2O3/c1-16(26-29-14-4-13-25)19-9-12-24(28)21-6-5-17-15-18(27)7-10-22(17,2)20(21)8-11-23(19,24)3/h17-21,27-28H,4-15,25H2,1-3H3/b26-16-/t17?,18?,19-,20+,21-,22+,23-,24-/m1/s1. The van der Waals surface area contributed by atoms with Gasteiger partial charge in [-0.15, -0.1) is 0 Å². The van der Waals surface area contributed by atoms with Crippen molar-refractivity contribution in [3.8, 4) is 0 Å². The van der Waals surface area contributed by atoms with E-state index in [9.17, 15) is 10.2 Å². The third kappa shape index (κ3) is 3.27. The van der Waals surface area contributed by atoms with E-state index >= 15 is 0 Å².